The van der Waals surface area contributed by atoms with Crippen molar-refractivity contribution in [3.05, 3.63) is 0 Å². The molecule has 0 aliphatic rings. The van der Waals surface area contributed by atoms with Crippen molar-refractivity contribution in [3.63, 3.8) is 0 Å². The van der Waals surface area contributed by atoms with Gasteiger partial charge in [-0.25, -0.2) is 9.13 Å². The number of ether oxygens (including phenoxy) is 4. The van der Waals surface area contributed by atoms with Crippen LogP contribution in [0.4, 0.5) is 0 Å². The Morgan fingerprint density at radius 2 is 0.482 bits per heavy atom. The van der Waals surface area contributed by atoms with E-state index < -0.39 is 97.5 Å². The smallest absolute Gasteiger partial charge is 0.462 e. The van der Waals surface area contributed by atoms with Gasteiger partial charge < -0.3 is 33.8 Å². The number of hydrogen-bond acceptors (Lipinski definition) is 15. The molecule has 0 saturated carbocycles. The van der Waals surface area contributed by atoms with Crippen LogP contribution in [0.15, 0.2) is 0 Å². The summed E-state index contributed by atoms with van der Waals surface area (Å²) < 4.78 is 67.8. The Kier molecular flexibility index (Phi) is 57.7. The van der Waals surface area contributed by atoms with Crippen LogP contribution in [-0.4, -0.2) is 96.7 Å². The second-order valence-corrected chi connectivity index (χ2v) is 26.1. The summed E-state index contributed by atoms with van der Waals surface area (Å²) in [5.74, 6) is -2.14. The highest BCUT2D eigenvalue weighted by Crippen LogP contribution is 2.45. The Morgan fingerprint density at radius 1 is 0.289 bits per heavy atom. The lowest BCUT2D eigenvalue weighted by Crippen LogP contribution is -2.30. The number of phosphoric ester groups is 2. The van der Waals surface area contributed by atoms with Gasteiger partial charge in [-0.1, -0.05) is 278 Å². The third-order valence-corrected chi connectivity index (χ3v) is 16.8. The predicted octanol–water partition coefficient (Wildman–Crippen LogP) is 17.9. The molecule has 0 aromatic rings. The fraction of sp³-hybridized carbons (Fsp3) is 0.938. The third-order valence-electron chi connectivity index (χ3n) is 14.9. The SMILES string of the molecule is CCCCCCCCCCCCCCCCCC(=O)O[C@H](COC(=O)CCCCCCC)COP(=O)(O)OC[C@@H](O)COP(=O)(O)OC[C@@H](COC(=O)CCCCCCCCCC)OC(=O)CCCCCCCCCCCCCCCCC. The van der Waals surface area contributed by atoms with Crippen LogP contribution in [0, 0.1) is 0 Å². The first kappa shape index (κ1) is 81.1. The fourth-order valence-corrected chi connectivity index (χ4v) is 11.2. The summed E-state index contributed by atoms with van der Waals surface area (Å²) >= 11 is 0. The van der Waals surface area contributed by atoms with Crippen LogP contribution in [0.1, 0.15) is 329 Å². The van der Waals surface area contributed by atoms with Gasteiger partial charge in [-0.2, -0.15) is 0 Å². The first-order valence-corrected chi connectivity index (χ1v) is 36.8. The number of carbonyl (C=O) groups is 4. The van der Waals surface area contributed by atoms with Crippen LogP contribution >= 0.6 is 15.6 Å². The lowest BCUT2D eigenvalue weighted by molar-refractivity contribution is -0.161. The molecule has 0 radical (unpaired) electrons. The summed E-state index contributed by atoms with van der Waals surface area (Å²) in [6.45, 7) is 4.80. The lowest BCUT2D eigenvalue weighted by atomic mass is 10.0. The quantitative estimate of drug-likeness (QED) is 0.0222. The van der Waals surface area contributed by atoms with E-state index in [1.54, 1.807) is 0 Å². The molecule has 2 unspecified atom stereocenters. The highest BCUT2D eigenvalue weighted by molar-refractivity contribution is 7.47. The van der Waals surface area contributed by atoms with Crippen LogP contribution in [0.5, 0.6) is 0 Å². The van der Waals surface area contributed by atoms with Crippen LogP contribution in [-0.2, 0) is 65.4 Å². The van der Waals surface area contributed by atoms with Gasteiger partial charge in [0.2, 0.25) is 0 Å². The summed E-state index contributed by atoms with van der Waals surface area (Å²) in [4.78, 5) is 71.9. The molecule has 0 rings (SSSR count). The molecule has 0 aliphatic carbocycles. The standard InChI is InChI=1S/C64H124O17P2/c1-5-9-13-17-20-23-25-27-29-31-33-35-38-42-46-50-63(68)80-59(54-74-61(66)48-44-40-16-12-8-4)56-78-82(70,71)76-52-58(65)53-77-83(72,73)79-57-60(55-75-62(67)49-45-41-37-22-19-15-11-7-3)81-64(69)51-47-43-39-36-34-32-30-28-26-24-21-18-14-10-6-2/h58-60,65H,5-57H2,1-4H3,(H,70,71)(H,72,73)/t58-,59-,60-/m1/s1. The van der Waals surface area contributed by atoms with Gasteiger partial charge in [0.05, 0.1) is 26.4 Å². The molecule has 0 heterocycles. The number of carbonyl (C=O) groups excluding carboxylic acids is 4. The van der Waals surface area contributed by atoms with E-state index in [1.807, 2.05) is 0 Å². The average molecular weight is 1230 g/mol. The second-order valence-electron chi connectivity index (χ2n) is 23.2. The Hall–Kier alpha value is -1.94. The molecule has 19 heteroatoms. The maximum atomic E-state index is 12.9. The summed E-state index contributed by atoms with van der Waals surface area (Å²) in [5.41, 5.74) is 0. The van der Waals surface area contributed by atoms with E-state index in [2.05, 4.69) is 27.7 Å². The normalized spacial score (nSPS) is 14.2. The Labute approximate surface area is 505 Å². The lowest BCUT2D eigenvalue weighted by Gasteiger charge is -2.21. The molecule has 5 atom stereocenters. The number of rotatable bonds is 65. The molecule has 83 heavy (non-hydrogen) atoms. The minimum absolute atomic E-state index is 0.107. The second kappa shape index (κ2) is 59.0. The van der Waals surface area contributed by atoms with Gasteiger partial charge in [0.25, 0.3) is 0 Å². The van der Waals surface area contributed by atoms with E-state index in [9.17, 15) is 43.2 Å². The van der Waals surface area contributed by atoms with Crippen molar-refractivity contribution in [1.82, 2.24) is 0 Å². The molecule has 0 aliphatic heterocycles. The van der Waals surface area contributed by atoms with Crippen LogP contribution in [0.25, 0.3) is 0 Å². The van der Waals surface area contributed by atoms with Gasteiger partial charge in [0, 0.05) is 25.7 Å². The van der Waals surface area contributed by atoms with Gasteiger partial charge >= 0.3 is 39.5 Å². The molecule has 3 N–H and O–H groups in total. The number of aliphatic hydroxyl groups is 1. The van der Waals surface area contributed by atoms with Crippen LogP contribution < -0.4 is 0 Å². The third kappa shape index (κ3) is 58.8. The Morgan fingerprint density at radius 3 is 0.711 bits per heavy atom. The van der Waals surface area contributed by atoms with Crippen LogP contribution in [0.2, 0.25) is 0 Å². The maximum absolute atomic E-state index is 12.9. The Bertz CT molecular complexity index is 1600. The van der Waals surface area contributed by atoms with Gasteiger partial charge in [0.15, 0.2) is 12.2 Å². The highest BCUT2D eigenvalue weighted by Gasteiger charge is 2.30. The summed E-state index contributed by atoms with van der Waals surface area (Å²) in [7, 11) is -9.87. The van der Waals surface area contributed by atoms with E-state index >= 15 is 0 Å². The van der Waals surface area contributed by atoms with Gasteiger partial charge in [0.1, 0.15) is 19.3 Å². The van der Waals surface area contributed by atoms with Crippen molar-refractivity contribution in [2.45, 2.75) is 348 Å². The van der Waals surface area contributed by atoms with Crippen molar-refractivity contribution >= 4 is 39.5 Å². The zero-order valence-electron chi connectivity index (χ0n) is 53.2. The molecule has 0 amide bonds. The van der Waals surface area contributed by atoms with Crippen molar-refractivity contribution in [1.29, 1.82) is 0 Å². The summed E-state index contributed by atoms with van der Waals surface area (Å²) in [6.07, 6.45) is 44.8. The number of unbranched alkanes of at least 4 members (excludes halogenated alkanes) is 39. The van der Waals surface area contributed by atoms with E-state index in [0.29, 0.717) is 25.7 Å². The van der Waals surface area contributed by atoms with Crippen molar-refractivity contribution in [2.24, 2.45) is 0 Å². The molecule has 17 nitrogen and oxygen atoms in total. The van der Waals surface area contributed by atoms with E-state index in [4.69, 9.17) is 37.0 Å². The number of phosphoric acid groups is 2. The largest absolute Gasteiger partial charge is 0.472 e. The topological polar surface area (TPSA) is 237 Å². The minimum atomic E-state index is -4.94. The first-order chi connectivity index (χ1) is 40.2. The number of hydrogen-bond donors (Lipinski definition) is 3. The number of esters is 4. The molecule has 0 fully saturated rings. The zero-order chi connectivity index (χ0) is 61.2. The monoisotopic (exact) mass is 1230 g/mol. The molecular formula is C64H124O17P2. The van der Waals surface area contributed by atoms with E-state index in [1.165, 1.54) is 148 Å². The van der Waals surface area contributed by atoms with Crippen LogP contribution in [0.3, 0.4) is 0 Å². The minimum Gasteiger partial charge on any atom is -0.462 e. The van der Waals surface area contributed by atoms with Crippen molar-refractivity contribution in [2.75, 3.05) is 39.6 Å². The molecule has 0 saturated heterocycles. The van der Waals surface area contributed by atoms with Gasteiger partial charge in [-0.05, 0) is 25.7 Å². The Balaban J connectivity index is 5.10. The molecule has 0 spiro atoms. The van der Waals surface area contributed by atoms with Gasteiger partial charge in [-0.3, -0.25) is 37.3 Å². The van der Waals surface area contributed by atoms with Crippen molar-refractivity contribution in [3.8, 4) is 0 Å². The fourth-order valence-electron chi connectivity index (χ4n) is 9.63. The first-order valence-electron chi connectivity index (χ1n) is 33.8. The molecule has 0 bridgehead atoms. The highest BCUT2D eigenvalue weighted by atomic mass is 31.2. The molecular weight excluding hydrogens is 1100 g/mol. The van der Waals surface area contributed by atoms with Crippen molar-refractivity contribution < 1.29 is 80.2 Å². The molecule has 492 valence electrons. The van der Waals surface area contributed by atoms with E-state index in [-0.39, 0.29) is 25.7 Å². The summed E-state index contributed by atoms with van der Waals surface area (Å²) in [6, 6.07) is 0. The van der Waals surface area contributed by atoms with Gasteiger partial charge in [-0.15, -0.1) is 0 Å². The zero-order valence-corrected chi connectivity index (χ0v) is 54.9. The molecule has 0 aromatic carbocycles. The summed E-state index contributed by atoms with van der Waals surface area (Å²) in [5, 5.41) is 10.5. The average Bonchev–Trinajstić information content (AvgIpc) is 3.46. The maximum Gasteiger partial charge on any atom is 0.472 e. The van der Waals surface area contributed by atoms with E-state index in [0.717, 1.165) is 103 Å². The predicted molar refractivity (Wildman–Crippen MR) is 331 cm³/mol. The number of aliphatic hydroxyl groups excluding tert-OH is 1. The molecule has 0 aromatic heterocycles.